The summed E-state index contributed by atoms with van der Waals surface area (Å²) in [6.07, 6.45) is 0. The Labute approximate surface area is 116 Å². The van der Waals surface area contributed by atoms with Gasteiger partial charge in [0, 0.05) is 0 Å². The molecule has 0 heterocycles. The van der Waals surface area contributed by atoms with Crippen molar-refractivity contribution in [2.24, 2.45) is 0 Å². The van der Waals surface area contributed by atoms with Crippen LogP contribution in [0.5, 0.6) is 11.5 Å². The van der Waals surface area contributed by atoms with Gasteiger partial charge in [0.2, 0.25) is 0 Å². The van der Waals surface area contributed by atoms with Crippen molar-refractivity contribution in [2.75, 3.05) is 20.3 Å². The summed E-state index contributed by atoms with van der Waals surface area (Å²) < 4.78 is 10.4. The van der Waals surface area contributed by atoms with E-state index in [-0.39, 0.29) is 13.2 Å². The molecule has 0 aliphatic carbocycles. The Morgan fingerprint density at radius 3 is 2.40 bits per heavy atom. The molecule has 0 spiro atoms. The van der Waals surface area contributed by atoms with Crippen LogP contribution in [0.1, 0.15) is 6.92 Å². The van der Waals surface area contributed by atoms with Crippen LogP contribution in [0.15, 0.2) is 24.3 Å². The van der Waals surface area contributed by atoms with Gasteiger partial charge in [0.25, 0.3) is 0 Å². The van der Waals surface area contributed by atoms with Gasteiger partial charge in [-0.1, -0.05) is 0 Å². The van der Waals surface area contributed by atoms with E-state index in [1.807, 2.05) is 0 Å². The summed E-state index contributed by atoms with van der Waals surface area (Å²) in [7, 11) is 1.58. The normalized spacial score (nSPS) is 11.3. The molecule has 0 aliphatic rings. The molecule has 0 bridgehead atoms. The number of benzene rings is 1. The highest BCUT2D eigenvalue weighted by Crippen LogP contribution is 2.16. The minimum Gasteiger partial charge on any atom is -0.497 e. The van der Waals surface area contributed by atoms with Gasteiger partial charge in [-0.05, 0) is 31.2 Å². The average molecular weight is 282 g/mol. The maximum atomic E-state index is 11.3. The minimum atomic E-state index is -1.09. The van der Waals surface area contributed by atoms with E-state index in [0.717, 1.165) is 5.75 Å². The van der Waals surface area contributed by atoms with E-state index < -0.39 is 18.0 Å². The Kier molecular flexibility index (Phi) is 6.15. The highest BCUT2D eigenvalue weighted by molar-refractivity contribution is 5.82. The monoisotopic (exact) mass is 282 g/mol. The average Bonchev–Trinajstić information content (AvgIpc) is 2.44. The Bertz CT molecular complexity index is 447. The first-order chi connectivity index (χ1) is 9.52. The lowest BCUT2D eigenvalue weighted by atomic mass is 10.3. The van der Waals surface area contributed by atoms with Crippen LogP contribution in [0.3, 0.4) is 0 Å². The van der Waals surface area contributed by atoms with E-state index in [2.05, 4.69) is 10.6 Å². The molecule has 1 aromatic rings. The van der Waals surface area contributed by atoms with Crippen molar-refractivity contribution in [1.29, 1.82) is 0 Å². The summed E-state index contributed by atoms with van der Waals surface area (Å²) in [6.45, 7) is 1.93. The molecular formula is C13H18N2O5. The second-order valence-corrected chi connectivity index (χ2v) is 3.98. The molecule has 0 saturated heterocycles. The van der Waals surface area contributed by atoms with E-state index >= 15 is 0 Å². The minimum absolute atomic E-state index is 0.268. The van der Waals surface area contributed by atoms with E-state index in [1.165, 1.54) is 6.92 Å². The van der Waals surface area contributed by atoms with Gasteiger partial charge in [-0.25, -0.2) is 4.79 Å². The van der Waals surface area contributed by atoms with Gasteiger partial charge in [-0.3, -0.25) is 4.79 Å². The van der Waals surface area contributed by atoms with Crippen LogP contribution < -0.4 is 20.1 Å². The number of carbonyl (C=O) groups is 2. The summed E-state index contributed by atoms with van der Waals surface area (Å²) in [5, 5.41) is 13.4. The second kappa shape index (κ2) is 7.88. The summed E-state index contributed by atoms with van der Waals surface area (Å²) >= 11 is 0. The lowest BCUT2D eigenvalue weighted by molar-refractivity contribution is -0.138. The number of hydrogen-bond acceptors (Lipinski definition) is 4. The number of nitrogens with one attached hydrogen (secondary N) is 2. The number of carbonyl (C=O) groups excluding carboxylic acids is 1. The molecule has 1 rings (SSSR count). The number of rotatable bonds is 7. The zero-order valence-corrected chi connectivity index (χ0v) is 11.4. The third-order valence-corrected chi connectivity index (χ3v) is 2.43. The largest absolute Gasteiger partial charge is 0.497 e. The summed E-state index contributed by atoms with van der Waals surface area (Å²) in [4.78, 5) is 21.8. The molecule has 0 aromatic heterocycles. The number of carboxylic acids is 1. The van der Waals surface area contributed by atoms with Crippen molar-refractivity contribution in [2.45, 2.75) is 13.0 Å². The summed E-state index contributed by atoms with van der Waals surface area (Å²) in [5.74, 6) is 0.305. The molecule has 0 saturated carbocycles. The van der Waals surface area contributed by atoms with E-state index in [4.69, 9.17) is 14.6 Å². The quantitative estimate of drug-likeness (QED) is 0.644. The molecule has 2 amide bonds. The zero-order valence-electron chi connectivity index (χ0n) is 11.4. The van der Waals surface area contributed by atoms with Gasteiger partial charge in [0.05, 0.1) is 13.7 Å². The van der Waals surface area contributed by atoms with Gasteiger partial charge >= 0.3 is 12.0 Å². The van der Waals surface area contributed by atoms with Gasteiger partial charge < -0.3 is 25.2 Å². The highest BCUT2D eigenvalue weighted by Gasteiger charge is 2.12. The fourth-order valence-corrected chi connectivity index (χ4v) is 1.31. The van der Waals surface area contributed by atoms with E-state index in [0.29, 0.717) is 5.75 Å². The first-order valence-electron chi connectivity index (χ1n) is 6.07. The standard InChI is InChI=1S/C13H18N2O5/c1-9(12(16)17)15-13(18)14-7-8-20-11-5-3-10(19-2)4-6-11/h3-6,9H,7-8H2,1-2H3,(H,16,17)(H2,14,15,18). The van der Waals surface area contributed by atoms with Crippen molar-refractivity contribution in [3.8, 4) is 11.5 Å². The van der Waals surface area contributed by atoms with Crippen LogP contribution in [-0.2, 0) is 4.79 Å². The Hall–Kier alpha value is -2.44. The van der Waals surface area contributed by atoms with Crippen LogP contribution in [0.4, 0.5) is 4.79 Å². The summed E-state index contributed by atoms with van der Waals surface area (Å²) in [6, 6.07) is 5.57. The molecule has 1 unspecified atom stereocenters. The van der Waals surface area contributed by atoms with Crippen LogP contribution in [0, 0.1) is 0 Å². The predicted octanol–water partition coefficient (Wildman–Crippen LogP) is 0.846. The number of urea groups is 1. The first-order valence-corrected chi connectivity index (χ1v) is 6.07. The van der Waals surface area contributed by atoms with Crippen LogP contribution >= 0.6 is 0 Å². The summed E-state index contributed by atoms with van der Waals surface area (Å²) in [5.41, 5.74) is 0. The smallest absolute Gasteiger partial charge is 0.325 e. The van der Waals surface area contributed by atoms with Gasteiger partial charge in [-0.2, -0.15) is 0 Å². The van der Waals surface area contributed by atoms with Crippen molar-refractivity contribution >= 4 is 12.0 Å². The van der Waals surface area contributed by atoms with E-state index in [9.17, 15) is 9.59 Å². The zero-order chi connectivity index (χ0) is 15.0. The number of aliphatic carboxylic acids is 1. The maximum absolute atomic E-state index is 11.3. The lowest BCUT2D eigenvalue weighted by Gasteiger charge is -2.11. The Morgan fingerprint density at radius 2 is 1.85 bits per heavy atom. The molecule has 0 fully saturated rings. The molecule has 7 nitrogen and oxygen atoms in total. The third-order valence-electron chi connectivity index (χ3n) is 2.43. The fraction of sp³-hybridized carbons (Fsp3) is 0.385. The highest BCUT2D eigenvalue weighted by atomic mass is 16.5. The number of methoxy groups -OCH3 is 1. The number of carboxylic acid groups (broad SMARTS) is 1. The van der Waals surface area contributed by atoms with Crippen LogP contribution in [0.25, 0.3) is 0 Å². The second-order valence-electron chi connectivity index (χ2n) is 3.98. The van der Waals surface area contributed by atoms with Crippen LogP contribution in [-0.4, -0.2) is 43.4 Å². The molecular weight excluding hydrogens is 264 g/mol. The molecule has 110 valence electrons. The number of amides is 2. The SMILES string of the molecule is COc1ccc(OCCNC(=O)NC(C)C(=O)O)cc1. The number of hydrogen-bond donors (Lipinski definition) is 3. The molecule has 1 aromatic carbocycles. The van der Waals surface area contributed by atoms with Crippen molar-refractivity contribution in [3.05, 3.63) is 24.3 Å². The molecule has 20 heavy (non-hydrogen) atoms. The van der Waals surface area contributed by atoms with Crippen molar-refractivity contribution in [1.82, 2.24) is 10.6 Å². The maximum Gasteiger partial charge on any atom is 0.325 e. The topological polar surface area (TPSA) is 96.9 Å². The van der Waals surface area contributed by atoms with Gasteiger partial charge in [-0.15, -0.1) is 0 Å². The molecule has 3 N–H and O–H groups in total. The fourth-order valence-electron chi connectivity index (χ4n) is 1.31. The molecule has 0 aliphatic heterocycles. The first kappa shape index (κ1) is 15.6. The lowest BCUT2D eigenvalue weighted by Crippen LogP contribution is -2.45. The van der Waals surface area contributed by atoms with E-state index in [1.54, 1.807) is 31.4 Å². The van der Waals surface area contributed by atoms with Crippen molar-refractivity contribution in [3.63, 3.8) is 0 Å². The third kappa shape index (κ3) is 5.47. The number of ether oxygens (including phenoxy) is 2. The Balaban J connectivity index is 2.20. The van der Waals surface area contributed by atoms with Crippen LogP contribution in [0.2, 0.25) is 0 Å². The molecule has 7 heteroatoms. The van der Waals surface area contributed by atoms with Crippen molar-refractivity contribution < 1.29 is 24.2 Å². The predicted molar refractivity (Wildman–Crippen MR) is 72.1 cm³/mol. The molecule has 0 radical (unpaired) electrons. The molecule has 1 atom stereocenters. The van der Waals surface area contributed by atoms with Gasteiger partial charge in [0.15, 0.2) is 0 Å². The van der Waals surface area contributed by atoms with Gasteiger partial charge in [0.1, 0.15) is 24.1 Å². The Morgan fingerprint density at radius 1 is 1.25 bits per heavy atom.